The van der Waals surface area contributed by atoms with Crippen LogP contribution in [0.25, 0.3) is 0 Å². The topological polar surface area (TPSA) is 41.9 Å². The van der Waals surface area contributed by atoms with Gasteiger partial charge in [-0.25, -0.2) is 8.78 Å². The fourth-order valence-electron chi connectivity index (χ4n) is 4.25. The summed E-state index contributed by atoms with van der Waals surface area (Å²) in [5, 5.41) is 3.20. The van der Waals surface area contributed by atoms with E-state index in [1.807, 2.05) is 0 Å². The van der Waals surface area contributed by atoms with Gasteiger partial charge in [-0.3, -0.25) is 4.79 Å². The third kappa shape index (κ3) is 3.66. The lowest BCUT2D eigenvalue weighted by atomic mass is 9.84. The van der Waals surface area contributed by atoms with Crippen LogP contribution in [0.2, 0.25) is 5.02 Å². The number of alkyl halides is 4. The molecule has 0 N–H and O–H groups in total. The Balaban J connectivity index is 1.34. The van der Waals surface area contributed by atoms with Gasteiger partial charge in [-0.1, -0.05) is 47.1 Å². The zero-order valence-electron chi connectivity index (χ0n) is 17.1. The minimum atomic E-state index is -4.86. The van der Waals surface area contributed by atoms with Gasteiger partial charge in [0.2, 0.25) is 5.91 Å². The molecule has 2 aromatic carbocycles. The molecule has 1 unspecified atom stereocenters. The van der Waals surface area contributed by atoms with Crippen molar-refractivity contribution >= 4 is 23.2 Å². The smallest absolute Gasteiger partial charge is 0.374 e. The normalized spacial score (nSPS) is 24.2. The van der Waals surface area contributed by atoms with E-state index in [0.29, 0.717) is 11.1 Å². The van der Waals surface area contributed by atoms with E-state index in [9.17, 15) is 22.4 Å². The predicted octanol–water partition coefficient (Wildman–Crippen LogP) is 5.48. The Morgan fingerprint density at radius 2 is 1.73 bits per heavy atom. The molecule has 2 aliphatic heterocycles. The number of hydrogen-bond donors (Lipinski definition) is 0. The van der Waals surface area contributed by atoms with Crippen molar-refractivity contribution in [3.8, 4) is 0 Å². The number of likely N-dealkylation sites (tertiary alicyclic amines) is 1. The van der Waals surface area contributed by atoms with Crippen molar-refractivity contribution in [2.45, 2.75) is 36.7 Å². The molecule has 1 saturated carbocycles. The van der Waals surface area contributed by atoms with Gasteiger partial charge in [-0.15, -0.1) is 0 Å². The summed E-state index contributed by atoms with van der Waals surface area (Å²) in [4.78, 5) is 18.4. The molecule has 0 bridgehead atoms. The molecule has 1 amide bonds. The number of oxime groups is 1. The summed E-state index contributed by atoms with van der Waals surface area (Å²) in [6.07, 6.45) is -3.82. The summed E-state index contributed by atoms with van der Waals surface area (Å²) in [7, 11) is 0. The van der Waals surface area contributed by atoms with Crippen molar-refractivity contribution in [2.75, 3.05) is 13.1 Å². The number of hydrogen-bond acceptors (Lipinski definition) is 3. The average Bonchev–Trinajstić information content (AvgIpc) is 3.50. The fourth-order valence-corrected chi connectivity index (χ4v) is 4.43. The number of rotatable bonds is 4. The first-order chi connectivity index (χ1) is 15.5. The molecule has 3 aliphatic rings. The molecule has 33 heavy (non-hydrogen) atoms. The molecular formula is C23H18ClF5N2O2. The molecule has 1 atom stereocenters. The van der Waals surface area contributed by atoms with Crippen LogP contribution in [0, 0.1) is 11.7 Å². The maximum Gasteiger partial charge on any atom is 0.435 e. The summed E-state index contributed by atoms with van der Waals surface area (Å²) < 4.78 is 70.8. The van der Waals surface area contributed by atoms with Crippen molar-refractivity contribution in [3.63, 3.8) is 0 Å². The minimum Gasteiger partial charge on any atom is -0.374 e. The SMILES string of the molecule is O=C(C1CC1)N1CC(F)(c2ccc(C3=NOC(c4ccc(F)c(Cl)c4)(C(F)(F)F)C3)cc2)C1. The van der Waals surface area contributed by atoms with Gasteiger partial charge >= 0.3 is 6.18 Å². The molecule has 2 fully saturated rings. The molecule has 0 spiro atoms. The van der Waals surface area contributed by atoms with Crippen LogP contribution in [0.1, 0.15) is 36.0 Å². The van der Waals surface area contributed by atoms with Crippen molar-refractivity contribution in [1.29, 1.82) is 0 Å². The van der Waals surface area contributed by atoms with E-state index in [0.717, 1.165) is 31.0 Å². The highest BCUT2D eigenvalue weighted by Crippen LogP contribution is 2.49. The molecule has 1 saturated heterocycles. The van der Waals surface area contributed by atoms with Gasteiger partial charge in [0.25, 0.3) is 5.60 Å². The maximum absolute atomic E-state index is 15.2. The van der Waals surface area contributed by atoms with Crippen molar-refractivity contribution in [3.05, 3.63) is 70.0 Å². The summed E-state index contributed by atoms with van der Waals surface area (Å²) in [5.41, 5.74) is -4.15. The monoisotopic (exact) mass is 484 g/mol. The van der Waals surface area contributed by atoms with E-state index < -0.39 is 34.7 Å². The summed E-state index contributed by atoms with van der Waals surface area (Å²) in [6, 6.07) is 8.62. The third-order valence-corrected chi connectivity index (χ3v) is 6.72. The van der Waals surface area contributed by atoms with Crippen molar-refractivity contribution in [1.82, 2.24) is 4.90 Å². The zero-order valence-corrected chi connectivity index (χ0v) is 17.9. The Hall–Kier alpha value is -2.68. The molecule has 0 aromatic heterocycles. The van der Waals surface area contributed by atoms with Crippen LogP contribution in [0.4, 0.5) is 22.0 Å². The number of halogens is 6. The van der Waals surface area contributed by atoms with E-state index in [2.05, 4.69) is 5.16 Å². The van der Waals surface area contributed by atoms with Gasteiger partial charge in [0.15, 0.2) is 5.67 Å². The summed E-state index contributed by atoms with van der Waals surface area (Å²) in [6.45, 7) is -0.0670. The van der Waals surface area contributed by atoms with Crippen LogP contribution in [0.15, 0.2) is 47.6 Å². The van der Waals surface area contributed by atoms with E-state index in [4.69, 9.17) is 16.4 Å². The second-order valence-electron chi connectivity index (χ2n) is 8.77. The minimum absolute atomic E-state index is 0.0159. The molecule has 1 aliphatic carbocycles. The Bertz CT molecular complexity index is 1140. The highest BCUT2D eigenvalue weighted by Gasteiger charge is 2.62. The first kappa shape index (κ1) is 22.1. The lowest BCUT2D eigenvalue weighted by Crippen LogP contribution is -2.59. The zero-order chi connectivity index (χ0) is 23.6. The van der Waals surface area contributed by atoms with E-state index in [1.165, 1.54) is 29.2 Å². The lowest BCUT2D eigenvalue weighted by molar-refractivity contribution is -0.275. The van der Waals surface area contributed by atoms with Crippen LogP contribution in [0.5, 0.6) is 0 Å². The van der Waals surface area contributed by atoms with Gasteiger partial charge in [0.05, 0.1) is 23.8 Å². The van der Waals surface area contributed by atoms with E-state index in [1.54, 1.807) is 0 Å². The Morgan fingerprint density at radius 1 is 1.09 bits per heavy atom. The van der Waals surface area contributed by atoms with Crippen molar-refractivity contribution in [2.24, 2.45) is 11.1 Å². The predicted molar refractivity (Wildman–Crippen MR) is 110 cm³/mol. The van der Waals surface area contributed by atoms with Gasteiger partial charge in [0, 0.05) is 17.9 Å². The van der Waals surface area contributed by atoms with Crippen LogP contribution in [-0.2, 0) is 20.9 Å². The van der Waals surface area contributed by atoms with Crippen LogP contribution in [-0.4, -0.2) is 35.8 Å². The number of carbonyl (C=O) groups excluding carboxylic acids is 1. The van der Waals surface area contributed by atoms with Gasteiger partial charge in [-0.2, -0.15) is 13.2 Å². The Kier molecular flexibility index (Phi) is 4.97. The third-order valence-electron chi connectivity index (χ3n) is 6.43. The number of nitrogens with zero attached hydrogens (tertiary/aromatic N) is 2. The largest absolute Gasteiger partial charge is 0.435 e. The second kappa shape index (κ2) is 7.41. The lowest BCUT2D eigenvalue weighted by Gasteiger charge is -2.45. The average molecular weight is 485 g/mol. The molecule has 2 heterocycles. The number of benzene rings is 2. The van der Waals surface area contributed by atoms with Crippen LogP contribution >= 0.6 is 11.6 Å². The van der Waals surface area contributed by atoms with E-state index >= 15 is 4.39 Å². The first-order valence-electron chi connectivity index (χ1n) is 10.4. The molecule has 174 valence electrons. The number of amides is 1. The standard InChI is InChI=1S/C23H18ClF5N2O2/c24-17-9-16(7-8-18(17)25)22(23(27,28)29)10-19(30-33-22)13-3-5-15(6-4-13)21(26)11-31(12-21)20(32)14-1-2-14/h3-9,14H,1-2,10-12H2. The fraction of sp³-hybridized carbons (Fsp3) is 0.391. The maximum atomic E-state index is 15.2. The molecular weight excluding hydrogens is 467 g/mol. The Morgan fingerprint density at radius 3 is 2.30 bits per heavy atom. The highest BCUT2D eigenvalue weighted by atomic mass is 35.5. The highest BCUT2D eigenvalue weighted by molar-refractivity contribution is 6.30. The van der Waals surface area contributed by atoms with Crippen LogP contribution in [0.3, 0.4) is 0 Å². The first-order valence-corrected chi connectivity index (χ1v) is 10.8. The quantitative estimate of drug-likeness (QED) is 0.539. The summed E-state index contributed by atoms with van der Waals surface area (Å²) in [5.74, 6) is -0.857. The van der Waals surface area contributed by atoms with Gasteiger partial charge in [0.1, 0.15) is 5.82 Å². The second-order valence-corrected chi connectivity index (χ2v) is 9.18. The molecule has 10 heteroatoms. The molecule has 0 radical (unpaired) electrons. The van der Waals surface area contributed by atoms with Crippen molar-refractivity contribution < 1.29 is 31.6 Å². The molecule has 2 aromatic rings. The molecule has 5 rings (SSSR count). The van der Waals surface area contributed by atoms with Gasteiger partial charge < -0.3 is 9.74 Å². The number of carbonyl (C=O) groups is 1. The molecule has 4 nitrogen and oxygen atoms in total. The van der Waals surface area contributed by atoms with Gasteiger partial charge in [-0.05, 0) is 36.1 Å². The Labute approximate surface area is 191 Å². The van der Waals surface area contributed by atoms with E-state index in [-0.39, 0.29) is 36.2 Å². The summed E-state index contributed by atoms with van der Waals surface area (Å²) >= 11 is 5.69. The van der Waals surface area contributed by atoms with Crippen LogP contribution < -0.4 is 0 Å².